The molecule has 19 heavy (non-hydrogen) atoms. The highest BCUT2D eigenvalue weighted by atomic mass is 15.1. The van der Waals surface area contributed by atoms with Gasteiger partial charge >= 0.3 is 0 Å². The predicted molar refractivity (Wildman–Crippen MR) is 84.6 cm³/mol. The molecule has 2 heteroatoms. The van der Waals surface area contributed by atoms with Gasteiger partial charge in [0.15, 0.2) is 0 Å². The number of nitrogens with one attached hydrogen (secondary N) is 1. The van der Waals surface area contributed by atoms with E-state index in [-0.39, 0.29) is 5.41 Å². The lowest BCUT2D eigenvalue weighted by molar-refractivity contribution is 0.302. The second-order valence-electron chi connectivity index (χ2n) is 6.11. The molecule has 0 aromatic heterocycles. The van der Waals surface area contributed by atoms with E-state index in [9.17, 15) is 0 Å². The summed E-state index contributed by atoms with van der Waals surface area (Å²) in [6, 6.07) is 8.77. The minimum atomic E-state index is 0.219. The summed E-state index contributed by atoms with van der Waals surface area (Å²) in [5, 5.41) is 3.57. The molecule has 0 heterocycles. The van der Waals surface area contributed by atoms with E-state index in [0.717, 1.165) is 32.7 Å². The average molecular weight is 262 g/mol. The van der Waals surface area contributed by atoms with Gasteiger partial charge in [-0.05, 0) is 29.6 Å². The third-order valence-electron chi connectivity index (χ3n) is 3.64. The molecule has 1 N–H and O–H groups in total. The topological polar surface area (TPSA) is 15.3 Å². The monoisotopic (exact) mass is 262 g/mol. The molecule has 1 rings (SSSR count). The first-order chi connectivity index (χ1) is 8.99. The molecule has 0 amide bonds. The SMILES string of the molecule is CCN(CC)CCNCc1ccccc1C(C)(C)C. The van der Waals surface area contributed by atoms with E-state index < -0.39 is 0 Å². The Bertz CT molecular complexity index is 362. The van der Waals surface area contributed by atoms with Gasteiger partial charge in [0.25, 0.3) is 0 Å². The Hall–Kier alpha value is -0.860. The molecular formula is C17H30N2. The van der Waals surface area contributed by atoms with Crippen LogP contribution in [0, 0.1) is 0 Å². The summed E-state index contributed by atoms with van der Waals surface area (Å²) in [4.78, 5) is 2.45. The highest BCUT2D eigenvalue weighted by molar-refractivity contribution is 5.32. The van der Waals surface area contributed by atoms with Crippen molar-refractivity contribution in [2.45, 2.75) is 46.6 Å². The summed E-state index contributed by atoms with van der Waals surface area (Å²) in [5.74, 6) is 0. The summed E-state index contributed by atoms with van der Waals surface area (Å²) in [7, 11) is 0. The minimum Gasteiger partial charge on any atom is -0.311 e. The maximum atomic E-state index is 3.57. The van der Waals surface area contributed by atoms with Crippen molar-refractivity contribution in [3.8, 4) is 0 Å². The smallest absolute Gasteiger partial charge is 0.0208 e. The van der Waals surface area contributed by atoms with Gasteiger partial charge in [-0.2, -0.15) is 0 Å². The van der Waals surface area contributed by atoms with Gasteiger partial charge in [-0.15, -0.1) is 0 Å². The molecule has 0 aliphatic heterocycles. The van der Waals surface area contributed by atoms with Crippen LogP contribution in [0.1, 0.15) is 45.7 Å². The Morgan fingerprint density at radius 3 is 2.26 bits per heavy atom. The molecule has 108 valence electrons. The van der Waals surface area contributed by atoms with Crippen molar-refractivity contribution in [3.63, 3.8) is 0 Å². The molecule has 2 nitrogen and oxygen atoms in total. The summed E-state index contributed by atoms with van der Waals surface area (Å²) in [5.41, 5.74) is 3.09. The van der Waals surface area contributed by atoms with E-state index in [0.29, 0.717) is 0 Å². The Morgan fingerprint density at radius 1 is 1.05 bits per heavy atom. The lowest BCUT2D eigenvalue weighted by Crippen LogP contribution is -2.32. The molecule has 0 fully saturated rings. The zero-order valence-corrected chi connectivity index (χ0v) is 13.3. The van der Waals surface area contributed by atoms with Crippen LogP contribution in [-0.2, 0) is 12.0 Å². The molecular weight excluding hydrogens is 232 g/mol. The fourth-order valence-electron chi connectivity index (χ4n) is 2.41. The second kappa shape index (κ2) is 7.66. The van der Waals surface area contributed by atoms with Crippen LogP contribution < -0.4 is 5.32 Å². The summed E-state index contributed by atoms with van der Waals surface area (Å²) in [6.45, 7) is 16.7. The lowest BCUT2D eigenvalue weighted by atomic mass is 9.84. The molecule has 0 aliphatic rings. The van der Waals surface area contributed by atoms with Crippen LogP contribution in [0.5, 0.6) is 0 Å². The highest BCUT2D eigenvalue weighted by Crippen LogP contribution is 2.25. The normalized spacial score (nSPS) is 12.1. The third kappa shape index (κ3) is 5.33. The van der Waals surface area contributed by atoms with Gasteiger partial charge in [0.1, 0.15) is 0 Å². The number of hydrogen-bond donors (Lipinski definition) is 1. The first-order valence-electron chi connectivity index (χ1n) is 7.50. The Morgan fingerprint density at radius 2 is 1.68 bits per heavy atom. The van der Waals surface area contributed by atoms with Gasteiger partial charge in [0, 0.05) is 19.6 Å². The van der Waals surface area contributed by atoms with E-state index in [2.05, 4.69) is 69.1 Å². The van der Waals surface area contributed by atoms with Gasteiger partial charge in [-0.3, -0.25) is 0 Å². The standard InChI is InChI=1S/C17H30N2/c1-6-19(7-2)13-12-18-14-15-10-8-9-11-16(15)17(3,4)5/h8-11,18H,6-7,12-14H2,1-5H3. The molecule has 1 aromatic rings. The lowest BCUT2D eigenvalue weighted by Gasteiger charge is -2.23. The minimum absolute atomic E-state index is 0.219. The first kappa shape index (κ1) is 16.2. The summed E-state index contributed by atoms with van der Waals surface area (Å²) < 4.78 is 0. The van der Waals surface area contributed by atoms with Crippen LogP contribution in [0.4, 0.5) is 0 Å². The van der Waals surface area contributed by atoms with E-state index in [1.807, 2.05) is 0 Å². The molecule has 1 aromatic carbocycles. The van der Waals surface area contributed by atoms with Gasteiger partial charge in [-0.25, -0.2) is 0 Å². The van der Waals surface area contributed by atoms with Crippen LogP contribution in [0.15, 0.2) is 24.3 Å². The molecule has 0 spiro atoms. The maximum absolute atomic E-state index is 3.57. The van der Waals surface area contributed by atoms with Crippen LogP contribution in [0.3, 0.4) is 0 Å². The van der Waals surface area contributed by atoms with E-state index in [1.165, 1.54) is 11.1 Å². The number of likely N-dealkylation sites (N-methyl/N-ethyl adjacent to an activating group) is 1. The van der Waals surface area contributed by atoms with E-state index >= 15 is 0 Å². The van der Waals surface area contributed by atoms with Crippen molar-refractivity contribution in [1.82, 2.24) is 10.2 Å². The van der Waals surface area contributed by atoms with E-state index in [4.69, 9.17) is 0 Å². The van der Waals surface area contributed by atoms with Crippen LogP contribution >= 0.6 is 0 Å². The molecule has 0 radical (unpaired) electrons. The van der Waals surface area contributed by atoms with Crippen molar-refractivity contribution in [1.29, 1.82) is 0 Å². The predicted octanol–water partition coefficient (Wildman–Crippen LogP) is 3.42. The maximum Gasteiger partial charge on any atom is 0.0208 e. The van der Waals surface area contributed by atoms with Gasteiger partial charge < -0.3 is 10.2 Å². The van der Waals surface area contributed by atoms with Crippen LogP contribution in [0.25, 0.3) is 0 Å². The molecule has 0 bridgehead atoms. The van der Waals surface area contributed by atoms with Crippen molar-refractivity contribution < 1.29 is 0 Å². The number of rotatable bonds is 7. The summed E-state index contributed by atoms with van der Waals surface area (Å²) in [6.07, 6.45) is 0. The Kier molecular flexibility index (Phi) is 6.53. The van der Waals surface area contributed by atoms with Crippen molar-refractivity contribution in [2.24, 2.45) is 0 Å². The number of nitrogens with zero attached hydrogens (tertiary/aromatic N) is 1. The van der Waals surface area contributed by atoms with Crippen molar-refractivity contribution >= 4 is 0 Å². The largest absolute Gasteiger partial charge is 0.311 e. The second-order valence-corrected chi connectivity index (χ2v) is 6.11. The fraction of sp³-hybridized carbons (Fsp3) is 0.647. The zero-order chi connectivity index (χ0) is 14.3. The Labute approximate surface area is 119 Å². The first-order valence-corrected chi connectivity index (χ1v) is 7.50. The van der Waals surface area contributed by atoms with Gasteiger partial charge in [0.2, 0.25) is 0 Å². The van der Waals surface area contributed by atoms with Crippen LogP contribution in [-0.4, -0.2) is 31.1 Å². The van der Waals surface area contributed by atoms with Crippen molar-refractivity contribution in [3.05, 3.63) is 35.4 Å². The van der Waals surface area contributed by atoms with Crippen molar-refractivity contribution in [2.75, 3.05) is 26.2 Å². The number of benzene rings is 1. The average Bonchev–Trinajstić information content (AvgIpc) is 2.38. The molecule has 0 unspecified atom stereocenters. The molecule has 0 saturated carbocycles. The quantitative estimate of drug-likeness (QED) is 0.758. The third-order valence-corrected chi connectivity index (χ3v) is 3.64. The van der Waals surface area contributed by atoms with Crippen LogP contribution in [0.2, 0.25) is 0 Å². The fourth-order valence-corrected chi connectivity index (χ4v) is 2.41. The summed E-state index contributed by atoms with van der Waals surface area (Å²) >= 11 is 0. The van der Waals surface area contributed by atoms with Gasteiger partial charge in [0.05, 0.1) is 0 Å². The molecule has 0 aliphatic carbocycles. The van der Waals surface area contributed by atoms with Gasteiger partial charge in [-0.1, -0.05) is 58.9 Å². The number of hydrogen-bond acceptors (Lipinski definition) is 2. The zero-order valence-electron chi connectivity index (χ0n) is 13.3. The highest BCUT2D eigenvalue weighted by Gasteiger charge is 2.16. The van der Waals surface area contributed by atoms with E-state index in [1.54, 1.807) is 0 Å². The molecule has 0 saturated heterocycles. The Balaban J connectivity index is 2.50. The molecule has 0 atom stereocenters.